The second-order valence-electron chi connectivity index (χ2n) is 11.5. The highest BCUT2D eigenvalue weighted by Crippen LogP contribution is 2.43. The van der Waals surface area contributed by atoms with E-state index in [2.05, 4.69) is 35.3 Å². The highest BCUT2D eigenvalue weighted by atomic mass is 31.2. The van der Waals surface area contributed by atoms with Crippen molar-refractivity contribution in [2.45, 2.75) is 0 Å². The Morgan fingerprint density at radius 1 is 0.435 bits per heavy atom. The molecule has 0 aliphatic rings. The minimum Gasteiger partial charge on any atom is -0.456 e. The Balaban J connectivity index is 1.19. The first-order valence-electron chi connectivity index (χ1n) is 15.2. The van der Waals surface area contributed by atoms with Gasteiger partial charge in [-0.05, 0) is 59.2 Å². The fraction of sp³-hybridized carbons (Fsp3) is 0. The number of para-hydroxylation sites is 1. The third-order valence-corrected chi connectivity index (χ3v) is 11.9. The number of benzene rings is 6. The molecule has 0 fully saturated rings. The maximum Gasteiger partial charge on any atom is 0.172 e. The summed E-state index contributed by atoms with van der Waals surface area (Å²) in [6.45, 7) is 0. The molecular formula is C41H26NO3P. The maximum absolute atomic E-state index is 15.0. The van der Waals surface area contributed by atoms with Gasteiger partial charge in [-0.2, -0.15) is 0 Å². The van der Waals surface area contributed by atoms with Crippen LogP contribution in [0.3, 0.4) is 0 Å². The second kappa shape index (κ2) is 10.4. The molecular weight excluding hydrogens is 585 g/mol. The van der Waals surface area contributed by atoms with Crippen molar-refractivity contribution in [1.82, 2.24) is 4.98 Å². The van der Waals surface area contributed by atoms with Crippen LogP contribution in [0.2, 0.25) is 0 Å². The number of fused-ring (bicyclic) bond motifs is 6. The molecule has 9 rings (SSSR count). The van der Waals surface area contributed by atoms with Crippen molar-refractivity contribution < 1.29 is 13.4 Å². The Labute approximate surface area is 264 Å². The van der Waals surface area contributed by atoms with Gasteiger partial charge in [-0.1, -0.05) is 103 Å². The molecule has 0 aliphatic heterocycles. The van der Waals surface area contributed by atoms with E-state index < -0.39 is 7.14 Å². The molecule has 0 bridgehead atoms. The van der Waals surface area contributed by atoms with Gasteiger partial charge in [0.1, 0.15) is 22.3 Å². The van der Waals surface area contributed by atoms with E-state index in [1.54, 1.807) is 6.20 Å². The molecule has 0 N–H and O–H groups in total. The molecule has 0 atom stereocenters. The monoisotopic (exact) mass is 611 g/mol. The molecule has 46 heavy (non-hydrogen) atoms. The first-order chi connectivity index (χ1) is 22.7. The number of nitrogens with zero attached hydrogens (tertiary/aromatic N) is 1. The van der Waals surface area contributed by atoms with Crippen LogP contribution in [0.1, 0.15) is 0 Å². The van der Waals surface area contributed by atoms with E-state index in [9.17, 15) is 0 Å². The van der Waals surface area contributed by atoms with Gasteiger partial charge in [-0.15, -0.1) is 0 Å². The van der Waals surface area contributed by atoms with Crippen molar-refractivity contribution in [3.8, 4) is 22.3 Å². The van der Waals surface area contributed by atoms with Gasteiger partial charge in [-0.3, -0.25) is 4.98 Å². The summed E-state index contributed by atoms with van der Waals surface area (Å²) in [5.74, 6) is 0. The molecule has 0 unspecified atom stereocenters. The zero-order valence-corrected chi connectivity index (χ0v) is 25.5. The SMILES string of the molecule is O=P(c1ccccc1)(c1ccccc1)c1cncc(-c2ccc3oc4ccc(-c5cccc6oc7ccccc7c56)cc4c3c2)c1. The summed E-state index contributed by atoms with van der Waals surface area (Å²) < 4.78 is 27.5. The normalized spacial score (nSPS) is 12.0. The van der Waals surface area contributed by atoms with Crippen LogP contribution in [0.25, 0.3) is 66.1 Å². The molecule has 0 amide bonds. The molecule has 0 radical (unpaired) electrons. The molecule has 6 aromatic carbocycles. The van der Waals surface area contributed by atoms with Crippen LogP contribution in [-0.4, -0.2) is 4.98 Å². The van der Waals surface area contributed by atoms with Crippen LogP contribution >= 0.6 is 7.14 Å². The Morgan fingerprint density at radius 2 is 1.02 bits per heavy atom. The lowest BCUT2D eigenvalue weighted by atomic mass is 9.97. The van der Waals surface area contributed by atoms with Crippen LogP contribution in [0.4, 0.5) is 0 Å². The van der Waals surface area contributed by atoms with E-state index >= 15 is 4.57 Å². The summed E-state index contributed by atoms with van der Waals surface area (Å²) in [5.41, 5.74) is 7.46. The van der Waals surface area contributed by atoms with Gasteiger partial charge in [-0.25, -0.2) is 0 Å². The van der Waals surface area contributed by atoms with Gasteiger partial charge in [0.15, 0.2) is 7.14 Å². The number of hydrogen-bond donors (Lipinski definition) is 0. The lowest BCUT2D eigenvalue weighted by Crippen LogP contribution is -2.25. The van der Waals surface area contributed by atoms with Crippen molar-refractivity contribution in [2.75, 3.05) is 0 Å². The lowest BCUT2D eigenvalue weighted by molar-refractivity contribution is 0.592. The molecule has 4 nitrogen and oxygen atoms in total. The summed E-state index contributed by atoms with van der Waals surface area (Å²) in [7, 11) is -3.16. The van der Waals surface area contributed by atoms with E-state index in [0.29, 0.717) is 5.30 Å². The number of hydrogen-bond acceptors (Lipinski definition) is 4. The van der Waals surface area contributed by atoms with Gasteiger partial charge in [0.05, 0.1) is 0 Å². The topological polar surface area (TPSA) is 56.2 Å². The Hall–Kier alpha value is -5.70. The zero-order chi connectivity index (χ0) is 30.7. The quantitative estimate of drug-likeness (QED) is 0.182. The van der Waals surface area contributed by atoms with Crippen LogP contribution < -0.4 is 15.9 Å². The average Bonchev–Trinajstić information content (AvgIpc) is 3.70. The smallest absolute Gasteiger partial charge is 0.172 e. The van der Waals surface area contributed by atoms with E-state index in [-0.39, 0.29) is 0 Å². The van der Waals surface area contributed by atoms with Crippen molar-refractivity contribution in [3.05, 3.63) is 158 Å². The van der Waals surface area contributed by atoms with Gasteiger partial charge in [0.2, 0.25) is 0 Å². The van der Waals surface area contributed by atoms with Gasteiger partial charge in [0.25, 0.3) is 0 Å². The van der Waals surface area contributed by atoms with Crippen molar-refractivity contribution in [1.29, 1.82) is 0 Å². The van der Waals surface area contributed by atoms with Crippen molar-refractivity contribution in [2.24, 2.45) is 0 Å². The largest absolute Gasteiger partial charge is 0.456 e. The molecule has 218 valence electrons. The Bertz CT molecular complexity index is 2580. The standard InChI is InChI=1S/C41H26NO3P/c43-46(30-10-3-1-4-11-30,31-12-5-2-6-13-31)32-22-29(25-42-26-32)27-18-20-38-35(23-27)36-24-28(19-21-39(36)44-38)33-15-9-17-40-41(33)34-14-7-8-16-37(34)45-40/h1-26H. The molecule has 3 heterocycles. The van der Waals surface area contributed by atoms with Crippen LogP contribution in [0.15, 0.2) is 167 Å². The molecule has 0 aliphatic carbocycles. The molecule has 9 aromatic rings. The third kappa shape index (κ3) is 4.15. The number of furan rings is 2. The average molecular weight is 612 g/mol. The number of pyridine rings is 1. The van der Waals surface area contributed by atoms with E-state index in [0.717, 1.165) is 76.7 Å². The van der Waals surface area contributed by atoms with Crippen LogP contribution in [0, 0.1) is 0 Å². The highest BCUT2D eigenvalue weighted by molar-refractivity contribution is 7.85. The predicted molar refractivity (Wildman–Crippen MR) is 189 cm³/mol. The van der Waals surface area contributed by atoms with Gasteiger partial charge in [0, 0.05) is 55.4 Å². The van der Waals surface area contributed by atoms with E-state index in [4.69, 9.17) is 8.83 Å². The zero-order valence-electron chi connectivity index (χ0n) is 24.6. The lowest BCUT2D eigenvalue weighted by Gasteiger charge is -2.20. The fourth-order valence-electron chi connectivity index (χ4n) is 6.62. The van der Waals surface area contributed by atoms with Crippen molar-refractivity contribution in [3.63, 3.8) is 0 Å². The Kier molecular flexibility index (Phi) is 6.06. The molecule has 0 saturated carbocycles. The molecule has 0 saturated heterocycles. The maximum atomic E-state index is 15.0. The van der Waals surface area contributed by atoms with E-state index in [1.807, 2.05) is 121 Å². The highest BCUT2D eigenvalue weighted by Gasteiger charge is 2.30. The summed E-state index contributed by atoms with van der Waals surface area (Å²) >= 11 is 0. The predicted octanol–water partition coefficient (Wildman–Crippen LogP) is 9.85. The van der Waals surface area contributed by atoms with Gasteiger partial charge >= 0.3 is 0 Å². The van der Waals surface area contributed by atoms with Crippen molar-refractivity contribution >= 4 is 66.9 Å². The van der Waals surface area contributed by atoms with E-state index in [1.165, 1.54) is 0 Å². The molecule has 5 heteroatoms. The number of aromatic nitrogens is 1. The fourth-order valence-corrected chi connectivity index (χ4v) is 9.25. The molecule has 0 spiro atoms. The first kappa shape index (κ1) is 26.7. The van der Waals surface area contributed by atoms with Crippen LogP contribution in [0.5, 0.6) is 0 Å². The minimum absolute atomic E-state index is 0.697. The molecule has 3 aromatic heterocycles. The second-order valence-corrected chi connectivity index (χ2v) is 14.3. The Morgan fingerprint density at radius 3 is 1.76 bits per heavy atom. The van der Waals surface area contributed by atoms with Gasteiger partial charge < -0.3 is 13.4 Å². The summed E-state index contributed by atoms with van der Waals surface area (Å²) in [4.78, 5) is 4.61. The first-order valence-corrected chi connectivity index (χ1v) is 16.9. The summed E-state index contributed by atoms with van der Waals surface area (Å²) in [6.07, 6.45) is 3.58. The summed E-state index contributed by atoms with van der Waals surface area (Å²) in [5, 5.41) is 6.51. The summed E-state index contributed by atoms with van der Waals surface area (Å²) in [6, 6.07) is 48.3. The third-order valence-electron chi connectivity index (χ3n) is 8.84. The number of rotatable bonds is 5. The van der Waals surface area contributed by atoms with Crippen LogP contribution in [-0.2, 0) is 4.57 Å². The minimum atomic E-state index is -3.16.